The topological polar surface area (TPSA) is 67.2 Å². The Morgan fingerprint density at radius 1 is 1.14 bits per heavy atom. The van der Waals surface area contributed by atoms with Crippen LogP contribution < -0.4 is 5.32 Å². The van der Waals surface area contributed by atoms with Crippen LogP contribution in [0.5, 0.6) is 0 Å². The number of urea groups is 1. The van der Waals surface area contributed by atoms with E-state index < -0.39 is 0 Å². The molecule has 6 heteroatoms. The number of benzene rings is 1. The molecule has 2 heterocycles. The maximum atomic E-state index is 12.7. The van der Waals surface area contributed by atoms with Crippen molar-refractivity contribution in [3.8, 4) is 0 Å². The summed E-state index contributed by atoms with van der Waals surface area (Å²) in [4.78, 5) is 27.3. The fraction of sp³-hybridized carbons (Fsp3) is 0.522. The zero-order valence-corrected chi connectivity index (χ0v) is 16.9. The third-order valence-electron chi connectivity index (χ3n) is 7.23. The summed E-state index contributed by atoms with van der Waals surface area (Å²) in [7, 11) is 1.84. The molecule has 0 unspecified atom stereocenters. The third-order valence-corrected chi connectivity index (χ3v) is 7.23. The van der Waals surface area contributed by atoms with E-state index in [2.05, 4.69) is 34.7 Å². The minimum atomic E-state index is -0.00122. The first kappa shape index (κ1) is 18.4. The summed E-state index contributed by atoms with van der Waals surface area (Å²) >= 11 is 0. The normalized spacial score (nSPS) is 25.4. The molecule has 1 aromatic heterocycles. The molecule has 5 rings (SSSR count). The van der Waals surface area contributed by atoms with Crippen LogP contribution in [0.25, 0.3) is 0 Å². The fourth-order valence-corrected chi connectivity index (χ4v) is 5.40. The van der Waals surface area contributed by atoms with E-state index in [-0.39, 0.29) is 23.3 Å². The van der Waals surface area contributed by atoms with Crippen molar-refractivity contribution in [3.63, 3.8) is 0 Å². The monoisotopic (exact) mass is 392 g/mol. The van der Waals surface area contributed by atoms with Crippen molar-refractivity contribution < 1.29 is 9.59 Å². The van der Waals surface area contributed by atoms with Gasteiger partial charge >= 0.3 is 6.03 Å². The molecule has 1 spiro atoms. The number of carbonyl (C=O) groups excluding carboxylic acids is 2. The second-order valence-corrected chi connectivity index (χ2v) is 9.13. The standard InChI is InChI=1S/C23H28N4O2/c1-26-21-18(15-24-26)13-23(14-20(21)28)7-9-27(10-8-23)22(29)25-19-11-17(12-19)16-5-3-2-4-6-16/h2-6,15,17,19H,7-14H2,1H3,(H,25,29). The lowest BCUT2D eigenvalue weighted by Crippen LogP contribution is -2.53. The number of ketones is 1. The summed E-state index contributed by atoms with van der Waals surface area (Å²) in [5.41, 5.74) is 3.21. The molecule has 1 aliphatic heterocycles. The molecule has 2 aromatic rings. The van der Waals surface area contributed by atoms with Crippen molar-refractivity contribution in [3.05, 3.63) is 53.3 Å². The Morgan fingerprint density at radius 2 is 1.86 bits per heavy atom. The molecular formula is C23H28N4O2. The van der Waals surface area contributed by atoms with Gasteiger partial charge in [0.15, 0.2) is 5.78 Å². The SMILES string of the molecule is Cn1ncc2c1C(=O)CC1(CCN(C(=O)NC3CC(c4ccccc4)C3)CC1)C2. The van der Waals surface area contributed by atoms with Gasteiger partial charge in [-0.15, -0.1) is 0 Å². The van der Waals surface area contributed by atoms with Crippen molar-refractivity contribution in [1.82, 2.24) is 20.0 Å². The van der Waals surface area contributed by atoms with E-state index in [0.29, 0.717) is 12.3 Å². The van der Waals surface area contributed by atoms with Gasteiger partial charge in [0.1, 0.15) is 5.69 Å². The lowest BCUT2D eigenvalue weighted by molar-refractivity contribution is 0.0720. The van der Waals surface area contributed by atoms with Gasteiger partial charge in [-0.3, -0.25) is 9.48 Å². The minimum absolute atomic E-state index is 0.00122. The van der Waals surface area contributed by atoms with Gasteiger partial charge in [-0.2, -0.15) is 5.10 Å². The van der Waals surface area contributed by atoms with Crippen molar-refractivity contribution in [2.24, 2.45) is 12.5 Å². The predicted molar refractivity (Wildman–Crippen MR) is 110 cm³/mol. The molecule has 2 aliphatic carbocycles. The van der Waals surface area contributed by atoms with E-state index in [1.54, 1.807) is 4.68 Å². The van der Waals surface area contributed by atoms with Crippen molar-refractivity contribution >= 4 is 11.8 Å². The van der Waals surface area contributed by atoms with Crippen LogP contribution in [0.4, 0.5) is 4.79 Å². The maximum Gasteiger partial charge on any atom is 0.317 e. The highest BCUT2D eigenvalue weighted by Gasteiger charge is 2.43. The molecule has 29 heavy (non-hydrogen) atoms. The van der Waals surface area contributed by atoms with Crippen LogP contribution in [-0.4, -0.2) is 45.6 Å². The molecule has 1 saturated heterocycles. The molecule has 3 aliphatic rings. The Labute approximate surface area is 171 Å². The van der Waals surface area contributed by atoms with Gasteiger partial charge in [0.05, 0.1) is 6.20 Å². The van der Waals surface area contributed by atoms with E-state index >= 15 is 0 Å². The van der Waals surface area contributed by atoms with Gasteiger partial charge in [0.25, 0.3) is 0 Å². The lowest BCUT2D eigenvalue weighted by Gasteiger charge is -2.44. The number of aromatic nitrogens is 2. The van der Waals surface area contributed by atoms with Crippen molar-refractivity contribution in [1.29, 1.82) is 0 Å². The minimum Gasteiger partial charge on any atom is -0.335 e. The number of fused-ring (bicyclic) bond motifs is 1. The first-order valence-electron chi connectivity index (χ1n) is 10.7. The molecule has 2 amide bonds. The second-order valence-electron chi connectivity index (χ2n) is 9.13. The molecule has 1 saturated carbocycles. The van der Waals surface area contributed by atoms with Crippen LogP contribution in [0.2, 0.25) is 0 Å². The highest BCUT2D eigenvalue weighted by molar-refractivity contribution is 5.97. The van der Waals surface area contributed by atoms with E-state index in [1.807, 2.05) is 24.2 Å². The number of nitrogens with one attached hydrogen (secondary N) is 1. The highest BCUT2D eigenvalue weighted by Crippen LogP contribution is 2.43. The molecule has 0 atom stereocenters. The molecule has 0 radical (unpaired) electrons. The van der Waals surface area contributed by atoms with Gasteiger partial charge in [0.2, 0.25) is 0 Å². The summed E-state index contributed by atoms with van der Waals surface area (Å²) in [5.74, 6) is 0.763. The fourth-order valence-electron chi connectivity index (χ4n) is 5.40. The summed E-state index contributed by atoms with van der Waals surface area (Å²) in [6.07, 6.45) is 7.13. The Kier molecular flexibility index (Phi) is 4.45. The van der Waals surface area contributed by atoms with Crippen LogP contribution in [0, 0.1) is 5.41 Å². The third kappa shape index (κ3) is 3.34. The van der Waals surface area contributed by atoms with E-state index in [4.69, 9.17) is 0 Å². The maximum absolute atomic E-state index is 12.7. The Balaban J connectivity index is 1.14. The second kappa shape index (κ2) is 7.01. The van der Waals surface area contributed by atoms with Crippen molar-refractivity contribution in [2.45, 2.75) is 50.5 Å². The van der Waals surface area contributed by atoms with E-state index in [0.717, 1.165) is 56.5 Å². The molecule has 6 nitrogen and oxygen atoms in total. The smallest absolute Gasteiger partial charge is 0.317 e. The van der Waals surface area contributed by atoms with Gasteiger partial charge in [-0.1, -0.05) is 30.3 Å². The van der Waals surface area contributed by atoms with Crippen molar-refractivity contribution in [2.75, 3.05) is 13.1 Å². The number of hydrogen-bond donors (Lipinski definition) is 1. The number of piperidine rings is 1. The molecule has 0 bridgehead atoms. The summed E-state index contributed by atoms with van der Waals surface area (Å²) in [6, 6.07) is 10.9. The zero-order chi connectivity index (χ0) is 20.0. The number of likely N-dealkylation sites (tertiary alicyclic amines) is 1. The summed E-state index contributed by atoms with van der Waals surface area (Å²) < 4.78 is 1.70. The van der Waals surface area contributed by atoms with E-state index in [9.17, 15) is 9.59 Å². The number of hydrogen-bond acceptors (Lipinski definition) is 3. The molecule has 2 fully saturated rings. The number of Topliss-reactive ketones (excluding diaryl/α,β-unsaturated/α-hetero) is 1. The van der Waals surface area contributed by atoms with Crippen LogP contribution in [0.15, 0.2) is 36.5 Å². The molecule has 1 aromatic carbocycles. The lowest BCUT2D eigenvalue weighted by atomic mass is 9.67. The number of carbonyl (C=O) groups is 2. The van der Waals surface area contributed by atoms with Gasteiger partial charge in [-0.25, -0.2) is 4.79 Å². The quantitative estimate of drug-likeness (QED) is 0.853. The predicted octanol–water partition coefficient (Wildman–Crippen LogP) is 3.29. The molecule has 152 valence electrons. The van der Waals surface area contributed by atoms with Gasteiger partial charge < -0.3 is 10.2 Å². The average Bonchev–Trinajstić information content (AvgIpc) is 3.06. The van der Waals surface area contributed by atoms with Crippen LogP contribution in [0.1, 0.15) is 59.6 Å². The Morgan fingerprint density at radius 3 is 2.59 bits per heavy atom. The van der Waals surface area contributed by atoms with Gasteiger partial charge in [0, 0.05) is 38.2 Å². The number of amides is 2. The Hall–Kier alpha value is -2.63. The van der Waals surface area contributed by atoms with Crippen LogP contribution >= 0.6 is 0 Å². The molecular weight excluding hydrogens is 364 g/mol. The largest absolute Gasteiger partial charge is 0.335 e. The van der Waals surface area contributed by atoms with Crippen LogP contribution in [0.3, 0.4) is 0 Å². The highest BCUT2D eigenvalue weighted by atomic mass is 16.2. The summed E-state index contributed by atoms with van der Waals surface area (Å²) in [5, 5.41) is 7.48. The average molecular weight is 393 g/mol. The van der Waals surface area contributed by atoms with Gasteiger partial charge in [-0.05, 0) is 49.0 Å². The summed E-state index contributed by atoms with van der Waals surface area (Å²) in [6.45, 7) is 1.45. The number of nitrogens with zero attached hydrogens (tertiary/aromatic N) is 3. The number of aryl methyl sites for hydroxylation is 1. The van der Waals surface area contributed by atoms with E-state index in [1.165, 1.54) is 5.56 Å². The molecule has 1 N–H and O–H groups in total. The number of rotatable bonds is 2. The Bertz CT molecular complexity index is 922. The first-order valence-corrected chi connectivity index (χ1v) is 10.7. The zero-order valence-electron chi connectivity index (χ0n) is 16.9. The van der Waals surface area contributed by atoms with Crippen LogP contribution in [-0.2, 0) is 13.5 Å². The first-order chi connectivity index (χ1) is 14.0.